The van der Waals surface area contributed by atoms with E-state index >= 15 is 4.39 Å². The lowest BCUT2D eigenvalue weighted by Gasteiger charge is -2.30. The van der Waals surface area contributed by atoms with E-state index in [1.54, 1.807) is 33.2 Å². The normalized spacial score (nSPS) is 12.7. The molecule has 5 aromatic rings. The lowest BCUT2D eigenvalue weighted by atomic mass is 10.1. The number of aromatic nitrogens is 4. The molecule has 3 aromatic heterocycles. The van der Waals surface area contributed by atoms with Gasteiger partial charge in [-0.3, -0.25) is 9.88 Å². The summed E-state index contributed by atoms with van der Waals surface area (Å²) < 4.78 is 32.3. The van der Waals surface area contributed by atoms with Crippen LogP contribution in [0.1, 0.15) is 19.4 Å². The first-order valence-electron chi connectivity index (χ1n) is 13.0. The third-order valence-electron chi connectivity index (χ3n) is 6.63. The highest BCUT2D eigenvalue weighted by Gasteiger charge is 2.29. The molecule has 218 valence electrons. The number of benzene rings is 2. The summed E-state index contributed by atoms with van der Waals surface area (Å²) in [6.45, 7) is 5.07. The maximum Gasteiger partial charge on any atom is 0.412 e. The van der Waals surface area contributed by atoms with Gasteiger partial charge in [0.05, 0.1) is 59.8 Å². The number of fused-ring (bicyclic) bond motifs is 2. The second-order valence-electron chi connectivity index (χ2n) is 9.54. The van der Waals surface area contributed by atoms with Gasteiger partial charge in [-0.25, -0.2) is 24.1 Å². The Hall–Kier alpha value is -4.62. The van der Waals surface area contributed by atoms with Crippen molar-refractivity contribution >= 4 is 44.2 Å². The van der Waals surface area contributed by atoms with Crippen molar-refractivity contribution in [1.82, 2.24) is 19.9 Å². The number of aliphatic hydroxyl groups is 1. The fraction of sp³-hybridized carbons (Fsp3) is 0.276. The number of aryl methyl sites for hydroxylation is 1. The zero-order valence-corrected chi connectivity index (χ0v) is 24.1. The minimum absolute atomic E-state index is 0.00330. The number of carboxylic acid groups (broad SMARTS) is 1. The molecule has 5 rings (SSSR count). The molecule has 2 aromatic carbocycles. The van der Waals surface area contributed by atoms with E-state index in [4.69, 9.17) is 19.3 Å². The van der Waals surface area contributed by atoms with Crippen LogP contribution < -0.4 is 19.1 Å². The van der Waals surface area contributed by atoms with Gasteiger partial charge < -0.3 is 24.4 Å². The molecular formula is C29H28FN5O6S. The molecule has 2 N–H and O–H groups in total. The largest absolute Gasteiger partial charge is 0.495 e. The van der Waals surface area contributed by atoms with Gasteiger partial charge in [0.1, 0.15) is 23.5 Å². The van der Waals surface area contributed by atoms with E-state index in [9.17, 15) is 9.90 Å². The molecule has 0 aliphatic heterocycles. The van der Waals surface area contributed by atoms with Crippen LogP contribution in [0, 0.1) is 12.7 Å². The Kier molecular flexibility index (Phi) is 8.31. The van der Waals surface area contributed by atoms with Gasteiger partial charge in [-0.1, -0.05) is 0 Å². The third kappa shape index (κ3) is 5.87. The van der Waals surface area contributed by atoms with Gasteiger partial charge in [0.25, 0.3) is 0 Å². The summed E-state index contributed by atoms with van der Waals surface area (Å²) in [6.07, 6.45) is 2.22. The van der Waals surface area contributed by atoms with Crippen molar-refractivity contribution in [2.24, 2.45) is 0 Å². The van der Waals surface area contributed by atoms with Gasteiger partial charge in [0.15, 0.2) is 11.6 Å². The number of amides is 1. The fourth-order valence-electron chi connectivity index (χ4n) is 4.46. The number of hydrogen-bond donors (Lipinski definition) is 2. The highest BCUT2D eigenvalue weighted by Crippen LogP contribution is 2.38. The molecule has 1 amide bonds. The fourth-order valence-corrected chi connectivity index (χ4v) is 5.46. The van der Waals surface area contributed by atoms with Gasteiger partial charge >= 0.3 is 12.1 Å². The first-order chi connectivity index (χ1) is 20.2. The van der Waals surface area contributed by atoms with E-state index in [0.717, 1.165) is 26.9 Å². The molecule has 3 heterocycles. The van der Waals surface area contributed by atoms with Crippen molar-refractivity contribution in [2.45, 2.75) is 32.9 Å². The minimum Gasteiger partial charge on any atom is -0.495 e. The van der Waals surface area contributed by atoms with Gasteiger partial charge in [-0.2, -0.15) is 0 Å². The zero-order chi connectivity index (χ0) is 30.0. The lowest BCUT2D eigenvalue weighted by molar-refractivity contribution is 0.166. The summed E-state index contributed by atoms with van der Waals surface area (Å²) in [4.78, 5) is 30.4. The number of carbonyl (C=O) groups is 1. The number of rotatable bonds is 10. The van der Waals surface area contributed by atoms with Gasteiger partial charge in [-0.15, -0.1) is 11.3 Å². The van der Waals surface area contributed by atoms with Crippen molar-refractivity contribution in [3.63, 3.8) is 0 Å². The summed E-state index contributed by atoms with van der Waals surface area (Å²) in [5, 5.41) is 20.4. The molecule has 13 heteroatoms. The van der Waals surface area contributed by atoms with E-state index in [-0.39, 0.29) is 30.7 Å². The smallest absolute Gasteiger partial charge is 0.412 e. The molecule has 42 heavy (non-hydrogen) atoms. The summed E-state index contributed by atoms with van der Waals surface area (Å²) in [5.41, 5.74) is 3.25. The number of nitrogens with zero attached hydrogens (tertiary/aromatic N) is 5. The Morgan fingerprint density at radius 2 is 1.86 bits per heavy atom. The Bertz CT molecular complexity index is 1750. The van der Waals surface area contributed by atoms with Crippen LogP contribution in [0.4, 0.5) is 14.9 Å². The Morgan fingerprint density at radius 1 is 1.10 bits per heavy atom. The number of hydrogen-bond acceptors (Lipinski definition) is 10. The molecule has 0 fully saturated rings. The highest BCUT2D eigenvalue weighted by atomic mass is 32.1. The topological polar surface area (TPSA) is 140 Å². The monoisotopic (exact) mass is 593 g/mol. The van der Waals surface area contributed by atoms with Crippen LogP contribution in [0.5, 0.6) is 17.5 Å². The van der Waals surface area contributed by atoms with Crippen LogP contribution in [0.2, 0.25) is 0 Å². The molecule has 0 aliphatic rings. The van der Waals surface area contributed by atoms with Crippen molar-refractivity contribution in [3.05, 3.63) is 60.3 Å². The van der Waals surface area contributed by atoms with Crippen LogP contribution in [0.15, 0.2) is 48.9 Å². The highest BCUT2D eigenvalue weighted by molar-refractivity contribution is 7.21. The molecule has 0 saturated heterocycles. The predicted molar refractivity (Wildman–Crippen MR) is 156 cm³/mol. The van der Waals surface area contributed by atoms with E-state index in [1.165, 1.54) is 29.8 Å². The summed E-state index contributed by atoms with van der Waals surface area (Å²) >= 11 is 1.38. The Balaban J connectivity index is 1.41. The standard InChI is InChI=1S/C29H28FN5O6S/c1-15-7-18-9-20(39-4)14-31-26(18)21(8-15)27-34-23-10-22(30)24(11-25(23)42-27)41-17(3)16(2)35(29(37)38)19-12-32-28(33-13-19)40-6-5-36/h7-14,16-17,36H,5-6H2,1-4H3,(H,37,38)/t16-,17+/m1/s1. The number of halogens is 1. The van der Waals surface area contributed by atoms with E-state index < -0.39 is 24.1 Å². The first-order valence-corrected chi connectivity index (χ1v) is 13.8. The molecule has 0 aliphatic carbocycles. The number of aliphatic hydroxyl groups excluding tert-OH is 1. The van der Waals surface area contributed by atoms with E-state index in [0.29, 0.717) is 21.0 Å². The van der Waals surface area contributed by atoms with E-state index in [1.807, 2.05) is 25.1 Å². The van der Waals surface area contributed by atoms with Crippen molar-refractivity contribution in [3.8, 4) is 28.1 Å². The molecule has 0 bridgehead atoms. The van der Waals surface area contributed by atoms with Crippen molar-refractivity contribution < 1.29 is 33.6 Å². The quantitative estimate of drug-likeness (QED) is 0.214. The van der Waals surface area contributed by atoms with Crippen LogP contribution in [0.25, 0.3) is 31.7 Å². The first kappa shape index (κ1) is 28.9. The molecule has 0 saturated carbocycles. The average molecular weight is 594 g/mol. The number of pyridine rings is 1. The molecular weight excluding hydrogens is 565 g/mol. The van der Waals surface area contributed by atoms with Gasteiger partial charge in [-0.05, 0) is 44.5 Å². The summed E-state index contributed by atoms with van der Waals surface area (Å²) in [7, 11) is 1.59. The zero-order valence-electron chi connectivity index (χ0n) is 23.2. The van der Waals surface area contributed by atoms with Gasteiger partial charge in [0, 0.05) is 23.1 Å². The van der Waals surface area contributed by atoms with E-state index in [2.05, 4.69) is 19.9 Å². The average Bonchev–Trinajstić information content (AvgIpc) is 3.38. The number of thiazole rings is 1. The SMILES string of the molecule is COc1cnc2c(-c3nc4cc(F)c(O[C@@H](C)[C@@H](C)N(C(=O)O)c5cnc(OCCO)nc5)cc4s3)cc(C)cc2c1. The predicted octanol–water partition coefficient (Wildman–Crippen LogP) is 5.47. The molecule has 2 atom stereocenters. The van der Waals surface area contributed by atoms with Crippen molar-refractivity contribution in [2.75, 3.05) is 25.2 Å². The summed E-state index contributed by atoms with van der Waals surface area (Å²) in [6, 6.07) is 8.06. The Morgan fingerprint density at radius 3 is 2.55 bits per heavy atom. The maximum absolute atomic E-state index is 15.2. The minimum atomic E-state index is -1.26. The molecule has 0 unspecified atom stereocenters. The van der Waals surface area contributed by atoms with Crippen LogP contribution in [0.3, 0.4) is 0 Å². The lowest BCUT2D eigenvalue weighted by Crippen LogP contribution is -2.46. The molecule has 0 spiro atoms. The van der Waals surface area contributed by atoms with Crippen molar-refractivity contribution in [1.29, 1.82) is 0 Å². The van der Waals surface area contributed by atoms with Gasteiger partial charge in [0.2, 0.25) is 0 Å². The van der Waals surface area contributed by atoms with Crippen LogP contribution in [-0.4, -0.2) is 68.7 Å². The van der Waals surface area contributed by atoms with Crippen LogP contribution >= 0.6 is 11.3 Å². The second kappa shape index (κ2) is 12.1. The Labute approximate surface area is 244 Å². The molecule has 0 radical (unpaired) electrons. The number of ether oxygens (including phenoxy) is 3. The maximum atomic E-state index is 15.2. The number of methoxy groups -OCH3 is 1. The summed E-state index contributed by atoms with van der Waals surface area (Å²) in [5.74, 6) is 0.00272. The van der Waals surface area contributed by atoms with Crippen LogP contribution in [-0.2, 0) is 0 Å². The number of anilines is 1. The third-order valence-corrected chi connectivity index (χ3v) is 7.68. The molecule has 11 nitrogen and oxygen atoms in total. The second-order valence-corrected chi connectivity index (χ2v) is 10.6.